The fourth-order valence-electron chi connectivity index (χ4n) is 5.83. The van der Waals surface area contributed by atoms with Crippen molar-refractivity contribution in [1.82, 2.24) is 0 Å². The van der Waals surface area contributed by atoms with Crippen LogP contribution in [-0.2, 0) is 25.4 Å². The van der Waals surface area contributed by atoms with Gasteiger partial charge in [0.15, 0.2) is 0 Å². The first-order chi connectivity index (χ1) is 23.8. The highest BCUT2D eigenvalue weighted by molar-refractivity contribution is 7.91. The Balaban J connectivity index is 1.36. The minimum absolute atomic E-state index is 0.178. The number of sulfone groups is 1. The number of methoxy groups -OCH3 is 1. The first kappa shape index (κ1) is 34.6. The molecule has 50 heavy (non-hydrogen) atoms. The lowest BCUT2D eigenvalue weighted by molar-refractivity contribution is 0.416. The Morgan fingerprint density at radius 2 is 1.10 bits per heavy atom. The molecule has 0 spiro atoms. The number of hydrogen-bond acceptors (Lipinski definition) is 6. The molecule has 9 heteroatoms. The summed E-state index contributed by atoms with van der Waals surface area (Å²) in [6.07, 6.45) is 0. The second-order valence-electron chi connectivity index (χ2n) is 12.5. The van der Waals surface area contributed by atoms with Gasteiger partial charge in [-0.2, -0.15) is 8.42 Å². The van der Waals surface area contributed by atoms with Gasteiger partial charge in [0, 0.05) is 16.5 Å². The van der Waals surface area contributed by atoms with Gasteiger partial charge in [-0.05, 0) is 102 Å². The van der Waals surface area contributed by atoms with Crippen LogP contribution in [0.5, 0.6) is 17.2 Å². The van der Waals surface area contributed by atoms with Crippen LogP contribution in [0.15, 0.2) is 154 Å². The van der Waals surface area contributed by atoms with Crippen LogP contribution in [0, 0.1) is 6.92 Å². The standard InChI is InChI=1S/C41H36O7S2/c1-28-13-19-34(20-14-28)49(42,43)35-21-17-33(18-22-35)48-40-24-16-32(26-37(40)29-9-6-5-7-10-29)41(2,3)31-15-23-39(47-4)38(27-31)30-11-8-12-36(25-30)50(44,45)46/h5-27H,1-4H3,(H,44,45,46). The average Bonchev–Trinajstić information content (AvgIpc) is 3.12. The van der Waals surface area contributed by atoms with Gasteiger partial charge < -0.3 is 9.47 Å². The van der Waals surface area contributed by atoms with Crippen molar-refractivity contribution >= 4 is 20.0 Å². The molecule has 1 N–H and O–H groups in total. The molecule has 254 valence electrons. The molecular formula is C41H36O7S2. The van der Waals surface area contributed by atoms with Gasteiger partial charge in [-0.25, -0.2) is 8.42 Å². The average molecular weight is 705 g/mol. The molecule has 0 radical (unpaired) electrons. The van der Waals surface area contributed by atoms with E-state index in [0.717, 1.165) is 27.8 Å². The fraction of sp³-hybridized carbons (Fsp3) is 0.122. The molecule has 0 aliphatic heterocycles. The van der Waals surface area contributed by atoms with E-state index in [-0.39, 0.29) is 14.7 Å². The lowest BCUT2D eigenvalue weighted by Gasteiger charge is -2.28. The maximum absolute atomic E-state index is 13.2. The normalized spacial score (nSPS) is 12.0. The number of ether oxygens (including phenoxy) is 2. The molecule has 0 saturated carbocycles. The third-order valence-electron chi connectivity index (χ3n) is 8.84. The van der Waals surface area contributed by atoms with Crippen molar-refractivity contribution in [3.63, 3.8) is 0 Å². The Labute approximate surface area is 293 Å². The number of rotatable bonds is 10. The summed E-state index contributed by atoms with van der Waals surface area (Å²) >= 11 is 0. The summed E-state index contributed by atoms with van der Waals surface area (Å²) in [5.74, 6) is 1.65. The van der Waals surface area contributed by atoms with Gasteiger partial charge in [-0.15, -0.1) is 0 Å². The maximum atomic E-state index is 13.2. The molecule has 0 atom stereocenters. The minimum atomic E-state index is -4.39. The predicted octanol–water partition coefficient (Wildman–Crippen LogP) is 9.54. The van der Waals surface area contributed by atoms with Crippen LogP contribution < -0.4 is 9.47 Å². The third kappa shape index (κ3) is 7.07. The van der Waals surface area contributed by atoms with Crippen LogP contribution in [0.2, 0.25) is 0 Å². The van der Waals surface area contributed by atoms with E-state index >= 15 is 0 Å². The Bertz CT molecular complexity index is 2380. The molecule has 0 bridgehead atoms. The fourth-order valence-corrected chi connectivity index (χ4v) is 7.62. The van der Waals surface area contributed by atoms with Gasteiger partial charge in [0.25, 0.3) is 10.1 Å². The zero-order chi connectivity index (χ0) is 35.7. The highest BCUT2D eigenvalue weighted by Gasteiger charge is 2.27. The molecule has 0 fully saturated rings. The Morgan fingerprint density at radius 1 is 0.560 bits per heavy atom. The second-order valence-corrected chi connectivity index (χ2v) is 15.9. The highest BCUT2D eigenvalue weighted by Crippen LogP contribution is 2.42. The van der Waals surface area contributed by atoms with Crippen molar-refractivity contribution in [2.75, 3.05) is 7.11 Å². The van der Waals surface area contributed by atoms with Crippen LogP contribution in [-0.4, -0.2) is 28.5 Å². The molecule has 0 aromatic heterocycles. The van der Waals surface area contributed by atoms with Crippen molar-refractivity contribution in [3.05, 3.63) is 156 Å². The molecule has 0 amide bonds. The molecular weight excluding hydrogens is 669 g/mol. The van der Waals surface area contributed by atoms with Crippen LogP contribution in [0.3, 0.4) is 0 Å². The molecule has 0 unspecified atom stereocenters. The molecule has 6 aromatic rings. The molecule has 0 aliphatic carbocycles. The van der Waals surface area contributed by atoms with E-state index in [1.165, 1.54) is 12.1 Å². The Morgan fingerprint density at radius 3 is 1.68 bits per heavy atom. The van der Waals surface area contributed by atoms with E-state index < -0.39 is 25.4 Å². The SMILES string of the molecule is COc1ccc(C(C)(C)c2ccc(Oc3ccc(S(=O)(=O)c4ccc(C)cc4)cc3)c(-c3ccccc3)c2)cc1-c1cccc(S(=O)(=O)O)c1. The molecule has 0 heterocycles. The first-order valence-electron chi connectivity index (χ1n) is 15.8. The summed E-state index contributed by atoms with van der Waals surface area (Å²) in [7, 11) is -6.52. The summed E-state index contributed by atoms with van der Waals surface area (Å²) in [6.45, 7) is 6.11. The molecule has 7 nitrogen and oxygen atoms in total. The summed E-state index contributed by atoms with van der Waals surface area (Å²) in [5.41, 5.74) is 5.44. The summed E-state index contributed by atoms with van der Waals surface area (Å²) in [4.78, 5) is 0.210. The van der Waals surface area contributed by atoms with E-state index in [4.69, 9.17) is 9.47 Å². The third-order valence-corrected chi connectivity index (χ3v) is 11.5. The van der Waals surface area contributed by atoms with Crippen molar-refractivity contribution in [1.29, 1.82) is 0 Å². The summed E-state index contributed by atoms with van der Waals surface area (Å²) < 4.78 is 71.9. The topological polar surface area (TPSA) is 107 Å². The van der Waals surface area contributed by atoms with Crippen molar-refractivity contribution in [2.24, 2.45) is 0 Å². The molecule has 0 saturated heterocycles. The van der Waals surface area contributed by atoms with Gasteiger partial charge in [0.05, 0.1) is 21.8 Å². The van der Waals surface area contributed by atoms with E-state index in [0.29, 0.717) is 28.4 Å². The minimum Gasteiger partial charge on any atom is -0.496 e. The summed E-state index contributed by atoms with van der Waals surface area (Å²) in [5, 5.41) is 0. The van der Waals surface area contributed by atoms with Crippen LogP contribution in [0.1, 0.15) is 30.5 Å². The lowest BCUT2D eigenvalue weighted by atomic mass is 9.76. The van der Waals surface area contributed by atoms with Crippen molar-refractivity contribution in [3.8, 4) is 39.5 Å². The van der Waals surface area contributed by atoms with Crippen LogP contribution in [0.25, 0.3) is 22.3 Å². The zero-order valence-corrected chi connectivity index (χ0v) is 29.6. The highest BCUT2D eigenvalue weighted by atomic mass is 32.2. The molecule has 6 rings (SSSR count). The smallest absolute Gasteiger partial charge is 0.294 e. The van der Waals surface area contributed by atoms with Gasteiger partial charge in [-0.1, -0.05) is 86.1 Å². The number of benzene rings is 6. The van der Waals surface area contributed by atoms with Crippen LogP contribution in [0.4, 0.5) is 0 Å². The summed E-state index contributed by atoms with van der Waals surface area (Å²) in [6, 6.07) is 41.0. The van der Waals surface area contributed by atoms with Crippen molar-refractivity contribution in [2.45, 2.75) is 40.9 Å². The van der Waals surface area contributed by atoms with E-state index in [2.05, 4.69) is 19.9 Å². The first-order valence-corrected chi connectivity index (χ1v) is 18.8. The Hall–Kier alpha value is -5.22. The Kier molecular flexibility index (Phi) is 9.41. The largest absolute Gasteiger partial charge is 0.496 e. The molecule has 6 aromatic carbocycles. The van der Waals surface area contributed by atoms with Crippen molar-refractivity contribution < 1.29 is 30.9 Å². The lowest BCUT2D eigenvalue weighted by Crippen LogP contribution is -2.19. The van der Waals surface area contributed by atoms with Gasteiger partial charge in [0.2, 0.25) is 9.84 Å². The second kappa shape index (κ2) is 13.6. The van der Waals surface area contributed by atoms with Gasteiger partial charge >= 0.3 is 0 Å². The van der Waals surface area contributed by atoms with E-state index in [9.17, 15) is 21.4 Å². The number of hydrogen-bond donors (Lipinski definition) is 1. The monoisotopic (exact) mass is 704 g/mol. The zero-order valence-electron chi connectivity index (χ0n) is 28.0. The van der Waals surface area contributed by atoms with E-state index in [1.807, 2.05) is 67.6 Å². The number of aryl methyl sites for hydroxylation is 1. The predicted molar refractivity (Wildman–Crippen MR) is 195 cm³/mol. The quantitative estimate of drug-likeness (QED) is 0.142. The maximum Gasteiger partial charge on any atom is 0.294 e. The van der Waals surface area contributed by atoms with Crippen LogP contribution >= 0.6 is 0 Å². The van der Waals surface area contributed by atoms with E-state index in [1.54, 1.807) is 67.8 Å². The van der Waals surface area contributed by atoms with Gasteiger partial charge in [-0.3, -0.25) is 4.55 Å². The molecule has 0 aliphatic rings. The van der Waals surface area contributed by atoms with Gasteiger partial charge in [0.1, 0.15) is 17.2 Å².